The third kappa shape index (κ3) is 1.90. The number of fused-ring (bicyclic) bond motifs is 1. The molecule has 0 spiro atoms. The monoisotopic (exact) mass is 281 g/mol. The Morgan fingerprint density at radius 2 is 2.00 bits per heavy atom. The van der Waals surface area contributed by atoms with Crippen molar-refractivity contribution in [2.24, 2.45) is 5.92 Å². The summed E-state index contributed by atoms with van der Waals surface area (Å²) in [5.41, 5.74) is 0. The van der Waals surface area contributed by atoms with Crippen molar-refractivity contribution in [1.29, 1.82) is 0 Å². The Balaban J connectivity index is 1.70. The van der Waals surface area contributed by atoms with Gasteiger partial charge in [0.25, 0.3) is 0 Å². The van der Waals surface area contributed by atoms with Gasteiger partial charge in [-0.15, -0.1) is 0 Å². The molecule has 1 N–H and O–H groups in total. The van der Waals surface area contributed by atoms with Crippen molar-refractivity contribution >= 4 is 25.3 Å². The van der Waals surface area contributed by atoms with Crippen LogP contribution in [0.1, 0.15) is 19.3 Å². The van der Waals surface area contributed by atoms with Crippen LogP contribution in [-0.4, -0.2) is 26.9 Å². The van der Waals surface area contributed by atoms with Gasteiger partial charge in [-0.05, 0) is 0 Å². The molecule has 3 atom stereocenters. The van der Waals surface area contributed by atoms with Crippen molar-refractivity contribution < 1.29 is 4.79 Å². The summed E-state index contributed by atoms with van der Waals surface area (Å²) in [6, 6.07) is 11.2. The van der Waals surface area contributed by atoms with E-state index < -0.39 is 0 Å². The molecule has 1 aromatic carbocycles. The summed E-state index contributed by atoms with van der Waals surface area (Å²) < 4.78 is 1.46. The maximum absolute atomic E-state index is 11.4. The van der Waals surface area contributed by atoms with Gasteiger partial charge >= 0.3 is 102 Å². The Labute approximate surface area is 102 Å². The fourth-order valence-corrected chi connectivity index (χ4v) is 5.61. The van der Waals surface area contributed by atoms with Crippen LogP contribution >= 0.6 is 0 Å². The van der Waals surface area contributed by atoms with Gasteiger partial charge < -0.3 is 0 Å². The molecule has 0 aromatic heterocycles. The molecule has 1 heterocycles. The molecule has 0 bridgehead atoms. The molecule has 1 amide bonds. The van der Waals surface area contributed by atoms with Crippen molar-refractivity contribution in [2.45, 2.75) is 30.1 Å². The van der Waals surface area contributed by atoms with E-state index in [-0.39, 0.29) is 5.91 Å². The topological polar surface area (TPSA) is 29.1 Å². The van der Waals surface area contributed by atoms with E-state index in [9.17, 15) is 4.79 Å². The van der Waals surface area contributed by atoms with E-state index in [2.05, 4.69) is 35.6 Å². The molecule has 2 nitrogen and oxygen atoms in total. The third-order valence-corrected chi connectivity index (χ3v) is 6.42. The molecular formula is C13H15NOSe. The van der Waals surface area contributed by atoms with Gasteiger partial charge in [-0.1, -0.05) is 0 Å². The van der Waals surface area contributed by atoms with E-state index in [1.807, 2.05) is 0 Å². The van der Waals surface area contributed by atoms with E-state index in [1.165, 1.54) is 17.3 Å². The maximum atomic E-state index is 11.4. The van der Waals surface area contributed by atoms with Gasteiger partial charge in [0.1, 0.15) is 0 Å². The van der Waals surface area contributed by atoms with Gasteiger partial charge in [0.15, 0.2) is 0 Å². The van der Waals surface area contributed by atoms with Crippen LogP contribution in [0.5, 0.6) is 0 Å². The minimum absolute atomic E-state index is 0.267. The average Bonchev–Trinajstić information content (AvgIpc) is 2.81. The predicted octanol–water partition coefficient (Wildman–Crippen LogP) is 1.10. The van der Waals surface area contributed by atoms with E-state index >= 15 is 0 Å². The van der Waals surface area contributed by atoms with Crippen LogP contribution in [0.3, 0.4) is 0 Å². The predicted molar refractivity (Wildman–Crippen MR) is 64.9 cm³/mol. The van der Waals surface area contributed by atoms with Crippen LogP contribution in [0.15, 0.2) is 30.3 Å². The van der Waals surface area contributed by atoms with Crippen LogP contribution in [0.2, 0.25) is 4.82 Å². The Bertz CT molecular complexity index is 392. The number of rotatable bonds is 2. The molecule has 3 rings (SSSR count). The van der Waals surface area contributed by atoms with Gasteiger partial charge in [-0.2, -0.15) is 0 Å². The van der Waals surface area contributed by atoms with E-state index in [0.717, 1.165) is 6.42 Å². The molecule has 3 heteroatoms. The summed E-state index contributed by atoms with van der Waals surface area (Å²) in [7, 11) is 0. The molecule has 0 radical (unpaired) electrons. The Kier molecular flexibility index (Phi) is 2.74. The van der Waals surface area contributed by atoms with Crippen molar-refractivity contribution in [3.63, 3.8) is 0 Å². The quantitative estimate of drug-likeness (QED) is 0.808. The second-order valence-corrected chi connectivity index (χ2v) is 7.36. The summed E-state index contributed by atoms with van der Waals surface area (Å²) in [5.74, 6) is 0.895. The first kappa shape index (κ1) is 10.4. The first-order chi connectivity index (χ1) is 7.83. The Hall–Kier alpha value is -0.791. The van der Waals surface area contributed by atoms with E-state index in [0.29, 0.717) is 31.7 Å². The molecule has 1 aliphatic heterocycles. The normalized spacial score (nSPS) is 32.5. The van der Waals surface area contributed by atoms with E-state index in [4.69, 9.17) is 0 Å². The fraction of sp³-hybridized carbons (Fsp3) is 0.462. The van der Waals surface area contributed by atoms with Crippen LogP contribution in [0, 0.1) is 5.92 Å². The minimum atomic E-state index is 0.267. The molecule has 2 fully saturated rings. The second kappa shape index (κ2) is 4.23. The standard InChI is InChI=1S/C13H15NOSe/c15-12-8-9-6-7-11(13(9)14-12)16-10-4-2-1-3-5-10/h1-5,9,11,13H,6-8H2,(H,14,15)/t9?,11-,13?/m0/s1. The zero-order valence-electron chi connectivity index (χ0n) is 9.06. The summed E-state index contributed by atoms with van der Waals surface area (Å²) >= 11 is 0.512. The second-order valence-electron chi connectivity index (χ2n) is 4.60. The number of amides is 1. The van der Waals surface area contributed by atoms with Crippen LogP contribution in [0.4, 0.5) is 0 Å². The summed E-state index contributed by atoms with van der Waals surface area (Å²) in [5, 5.41) is 3.16. The number of carbonyl (C=O) groups is 1. The Morgan fingerprint density at radius 3 is 2.81 bits per heavy atom. The first-order valence-corrected chi connectivity index (χ1v) is 7.68. The Morgan fingerprint density at radius 1 is 1.19 bits per heavy atom. The van der Waals surface area contributed by atoms with Crippen molar-refractivity contribution in [3.05, 3.63) is 30.3 Å². The van der Waals surface area contributed by atoms with Crippen molar-refractivity contribution in [1.82, 2.24) is 5.32 Å². The number of carbonyl (C=O) groups excluding carboxylic acids is 1. The number of nitrogens with one attached hydrogen (secondary N) is 1. The van der Waals surface area contributed by atoms with Crippen molar-refractivity contribution in [3.8, 4) is 0 Å². The zero-order valence-corrected chi connectivity index (χ0v) is 10.8. The van der Waals surface area contributed by atoms with Gasteiger partial charge in [0.05, 0.1) is 0 Å². The summed E-state index contributed by atoms with van der Waals surface area (Å²) in [6.07, 6.45) is 3.30. The molecule has 84 valence electrons. The third-order valence-electron chi connectivity index (χ3n) is 3.54. The SMILES string of the molecule is O=C1CC2CC[C@H]([Se]c3ccccc3)C2N1. The molecule has 1 aliphatic carbocycles. The zero-order chi connectivity index (χ0) is 11.0. The number of hydrogen-bond acceptors (Lipinski definition) is 1. The summed E-state index contributed by atoms with van der Waals surface area (Å²) in [4.78, 5) is 12.1. The fourth-order valence-electron chi connectivity index (χ4n) is 2.77. The average molecular weight is 280 g/mol. The molecule has 2 unspecified atom stereocenters. The van der Waals surface area contributed by atoms with Crippen LogP contribution in [-0.2, 0) is 4.79 Å². The molecule has 2 aliphatic rings. The molecule has 1 aromatic rings. The molecular weight excluding hydrogens is 265 g/mol. The molecule has 1 saturated carbocycles. The first-order valence-electron chi connectivity index (χ1n) is 5.84. The van der Waals surface area contributed by atoms with Gasteiger partial charge in [0, 0.05) is 0 Å². The van der Waals surface area contributed by atoms with Crippen LogP contribution in [0.25, 0.3) is 0 Å². The van der Waals surface area contributed by atoms with Gasteiger partial charge in [-0.3, -0.25) is 0 Å². The number of benzene rings is 1. The van der Waals surface area contributed by atoms with Gasteiger partial charge in [-0.25, -0.2) is 0 Å². The van der Waals surface area contributed by atoms with Crippen molar-refractivity contribution in [2.75, 3.05) is 0 Å². The number of hydrogen-bond donors (Lipinski definition) is 1. The van der Waals surface area contributed by atoms with E-state index in [1.54, 1.807) is 0 Å². The summed E-state index contributed by atoms with van der Waals surface area (Å²) in [6.45, 7) is 0. The molecule has 16 heavy (non-hydrogen) atoms. The van der Waals surface area contributed by atoms with Gasteiger partial charge in [0.2, 0.25) is 0 Å². The van der Waals surface area contributed by atoms with Crippen LogP contribution < -0.4 is 9.78 Å². The molecule has 1 saturated heterocycles.